The van der Waals surface area contributed by atoms with Crippen LogP contribution in [0.5, 0.6) is 0 Å². The van der Waals surface area contributed by atoms with E-state index in [0.717, 1.165) is 5.75 Å². The van der Waals surface area contributed by atoms with E-state index >= 15 is 0 Å². The Hall–Kier alpha value is -1.08. The summed E-state index contributed by atoms with van der Waals surface area (Å²) in [4.78, 5) is 11.8. The van der Waals surface area contributed by atoms with E-state index in [1.54, 1.807) is 43.1 Å². The number of hydrogen-bond donors (Lipinski definition) is 0. The molecule has 1 aromatic carbocycles. The topological polar surface area (TPSA) is 54.0 Å². The normalized spacial score (nSPS) is 21.9. The molecular weight excluding hydrogens is 280 g/mol. The van der Waals surface area contributed by atoms with Gasteiger partial charge in [0.15, 0.2) is 6.29 Å². The minimum atomic E-state index is -0.335. The Labute approximate surface area is 122 Å². The van der Waals surface area contributed by atoms with E-state index in [4.69, 9.17) is 18.9 Å². The highest BCUT2D eigenvalue weighted by atomic mass is 32.2. The van der Waals surface area contributed by atoms with Crippen LogP contribution in [0.3, 0.4) is 0 Å². The molecule has 0 aliphatic carbocycles. The van der Waals surface area contributed by atoms with Gasteiger partial charge in [-0.1, -0.05) is 18.2 Å². The molecule has 6 heteroatoms. The summed E-state index contributed by atoms with van der Waals surface area (Å²) in [5.41, 5.74) is 0.374. The number of carbonyl (C=O) groups is 1. The van der Waals surface area contributed by atoms with Crippen LogP contribution in [0.25, 0.3) is 0 Å². The molecule has 0 amide bonds. The zero-order valence-corrected chi connectivity index (χ0v) is 12.1. The van der Waals surface area contributed by atoms with Gasteiger partial charge in [0.05, 0.1) is 18.8 Å². The van der Waals surface area contributed by atoms with Gasteiger partial charge in [0.1, 0.15) is 12.0 Å². The van der Waals surface area contributed by atoms with E-state index in [0.29, 0.717) is 18.8 Å². The van der Waals surface area contributed by atoms with Gasteiger partial charge in [-0.3, -0.25) is 0 Å². The second-order valence-corrected chi connectivity index (χ2v) is 5.35. The first-order chi connectivity index (χ1) is 9.79. The summed E-state index contributed by atoms with van der Waals surface area (Å²) in [6.45, 7) is 1.26. The molecule has 1 heterocycles. The van der Waals surface area contributed by atoms with Crippen LogP contribution in [0.1, 0.15) is 10.4 Å². The molecule has 0 spiro atoms. The minimum absolute atomic E-state index is 0.171. The summed E-state index contributed by atoms with van der Waals surface area (Å²) in [5, 5.41) is 0. The van der Waals surface area contributed by atoms with Crippen molar-refractivity contribution in [1.82, 2.24) is 0 Å². The maximum absolute atomic E-state index is 11.8. The van der Waals surface area contributed by atoms with Crippen LogP contribution in [0.15, 0.2) is 30.3 Å². The van der Waals surface area contributed by atoms with Gasteiger partial charge in [-0.25, -0.2) is 4.79 Å². The average molecular weight is 298 g/mol. The van der Waals surface area contributed by atoms with E-state index in [2.05, 4.69) is 0 Å². The summed E-state index contributed by atoms with van der Waals surface area (Å²) in [6, 6.07) is 8.91. The van der Waals surface area contributed by atoms with E-state index in [9.17, 15) is 4.79 Å². The number of methoxy groups -OCH3 is 1. The number of hydrogen-bond acceptors (Lipinski definition) is 6. The van der Waals surface area contributed by atoms with Crippen molar-refractivity contribution in [2.45, 2.75) is 11.7 Å². The van der Waals surface area contributed by atoms with Crippen molar-refractivity contribution in [1.29, 1.82) is 0 Å². The number of ether oxygens (including phenoxy) is 4. The van der Waals surface area contributed by atoms with Crippen LogP contribution in [0, 0.1) is 0 Å². The molecule has 1 aromatic rings. The van der Waals surface area contributed by atoms with E-state index < -0.39 is 0 Å². The second kappa shape index (κ2) is 8.26. The van der Waals surface area contributed by atoms with Crippen LogP contribution >= 0.6 is 11.8 Å². The third-order valence-corrected chi connectivity index (χ3v) is 3.76. The van der Waals surface area contributed by atoms with Crippen LogP contribution in [0.2, 0.25) is 0 Å². The number of carbonyl (C=O) groups excluding carboxylic acids is 1. The molecule has 2 rings (SSSR count). The third kappa shape index (κ3) is 4.79. The van der Waals surface area contributed by atoms with E-state index in [-0.39, 0.29) is 24.3 Å². The summed E-state index contributed by atoms with van der Waals surface area (Å²) < 4.78 is 21.2. The molecule has 1 aliphatic heterocycles. The molecule has 0 unspecified atom stereocenters. The Morgan fingerprint density at radius 2 is 2.15 bits per heavy atom. The molecule has 110 valence electrons. The van der Waals surface area contributed by atoms with Crippen molar-refractivity contribution < 1.29 is 23.7 Å². The zero-order chi connectivity index (χ0) is 14.2. The highest BCUT2D eigenvalue weighted by Gasteiger charge is 2.27. The molecular formula is C14H18O5S. The van der Waals surface area contributed by atoms with Crippen molar-refractivity contribution in [2.24, 2.45) is 0 Å². The largest absolute Gasteiger partial charge is 0.458 e. The number of esters is 1. The van der Waals surface area contributed by atoms with Crippen molar-refractivity contribution >= 4 is 17.7 Å². The quantitative estimate of drug-likeness (QED) is 0.566. The van der Waals surface area contributed by atoms with Gasteiger partial charge in [-0.05, 0) is 12.1 Å². The van der Waals surface area contributed by atoms with Crippen molar-refractivity contribution in [2.75, 3.05) is 32.7 Å². The Bertz CT molecular complexity index is 411. The van der Waals surface area contributed by atoms with Crippen molar-refractivity contribution in [3.8, 4) is 0 Å². The summed E-state index contributed by atoms with van der Waals surface area (Å²) in [5.74, 6) is 0.399. The summed E-state index contributed by atoms with van der Waals surface area (Å²) in [7, 11) is 1.62. The highest BCUT2D eigenvalue weighted by Crippen LogP contribution is 2.26. The average Bonchev–Trinajstić information content (AvgIpc) is 2.94. The molecule has 1 aliphatic rings. The van der Waals surface area contributed by atoms with Crippen LogP contribution < -0.4 is 0 Å². The highest BCUT2D eigenvalue weighted by molar-refractivity contribution is 8.00. The van der Waals surface area contributed by atoms with Gasteiger partial charge < -0.3 is 18.9 Å². The lowest BCUT2D eigenvalue weighted by molar-refractivity contribution is -0.139. The fourth-order valence-electron chi connectivity index (χ4n) is 1.67. The fourth-order valence-corrected chi connectivity index (χ4v) is 2.59. The van der Waals surface area contributed by atoms with Gasteiger partial charge in [-0.15, -0.1) is 11.8 Å². The SMILES string of the molecule is COCCO[C@@H]1CS[C@@H](COC(=O)c2ccccc2)O1. The number of thioether (sulfide) groups is 1. The fraction of sp³-hybridized carbons (Fsp3) is 0.500. The smallest absolute Gasteiger partial charge is 0.338 e. The Morgan fingerprint density at radius 1 is 1.35 bits per heavy atom. The maximum atomic E-state index is 11.8. The third-order valence-electron chi connectivity index (χ3n) is 2.67. The maximum Gasteiger partial charge on any atom is 0.338 e. The predicted molar refractivity (Wildman–Crippen MR) is 75.7 cm³/mol. The predicted octanol–water partition coefficient (Wildman–Crippen LogP) is 1.92. The molecule has 2 atom stereocenters. The minimum Gasteiger partial charge on any atom is -0.458 e. The molecule has 1 fully saturated rings. The monoisotopic (exact) mass is 298 g/mol. The summed E-state index contributed by atoms with van der Waals surface area (Å²) >= 11 is 1.58. The van der Waals surface area contributed by atoms with Gasteiger partial charge in [0.2, 0.25) is 0 Å². The lowest BCUT2D eigenvalue weighted by atomic mass is 10.2. The molecule has 5 nitrogen and oxygen atoms in total. The van der Waals surface area contributed by atoms with Gasteiger partial charge in [0.25, 0.3) is 0 Å². The van der Waals surface area contributed by atoms with E-state index in [1.807, 2.05) is 6.07 Å². The van der Waals surface area contributed by atoms with Crippen LogP contribution in [-0.4, -0.2) is 50.4 Å². The lowest BCUT2D eigenvalue weighted by Crippen LogP contribution is -2.21. The molecule has 0 N–H and O–H groups in total. The number of rotatable bonds is 7. The van der Waals surface area contributed by atoms with Crippen LogP contribution in [0.4, 0.5) is 0 Å². The Kier molecular flexibility index (Phi) is 6.32. The van der Waals surface area contributed by atoms with Crippen molar-refractivity contribution in [3.63, 3.8) is 0 Å². The number of benzene rings is 1. The molecule has 1 saturated heterocycles. The van der Waals surface area contributed by atoms with Crippen molar-refractivity contribution in [3.05, 3.63) is 35.9 Å². The second-order valence-electron chi connectivity index (χ2n) is 4.16. The van der Waals surface area contributed by atoms with E-state index in [1.165, 1.54) is 0 Å². The first kappa shape index (κ1) is 15.3. The van der Waals surface area contributed by atoms with Gasteiger partial charge in [0, 0.05) is 12.9 Å². The molecule has 0 saturated carbocycles. The summed E-state index contributed by atoms with van der Waals surface area (Å²) in [6.07, 6.45) is -0.254. The van der Waals surface area contributed by atoms with Gasteiger partial charge in [-0.2, -0.15) is 0 Å². The molecule has 0 radical (unpaired) electrons. The molecule has 0 aromatic heterocycles. The van der Waals surface area contributed by atoms with Crippen LogP contribution in [-0.2, 0) is 18.9 Å². The first-order valence-corrected chi connectivity index (χ1v) is 7.44. The first-order valence-electron chi connectivity index (χ1n) is 6.39. The standard InChI is InChI=1S/C14H18O5S/c1-16-7-8-17-12-10-20-13(19-12)9-18-14(15)11-5-3-2-4-6-11/h2-6,12-13H,7-10H2,1H3/t12-,13-/m0/s1. The molecule has 20 heavy (non-hydrogen) atoms. The lowest BCUT2D eigenvalue weighted by Gasteiger charge is -2.13. The van der Waals surface area contributed by atoms with Gasteiger partial charge >= 0.3 is 5.97 Å². The molecule has 0 bridgehead atoms. The zero-order valence-electron chi connectivity index (χ0n) is 11.3. The Balaban J connectivity index is 1.67. The Morgan fingerprint density at radius 3 is 2.90 bits per heavy atom.